The maximum atomic E-state index is 2.46. The summed E-state index contributed by atoms with van der Waals surface area (Å²) < 4.78 is 0. The van der Waals surface area contributed by atoms with Gasteiger partial charge >= 0.3 is 0 Å². The Labute approximate surface area is 416 Å². The Bertz CT molecular complexity index is 4530. The van der Waals surface area contributed by atoms with Crippen molar-refractivity contribution in [3.05, 3.63) is 230 Å². The fourth-order valence-electron chi connectivity index (χ4n) is 14.1. The first-order valence-corrected chi connectivity index (χ1v) is 25.4. The van der Waals surface area contributed by atoms with Gasteiger partial charge in [-0.05, 0) is 189 Å². The highest BCUT2D eigenvalue weighted by Crippen LogP contribution is 2.58. The van der Waals surface area contributed by atoms with Crippen molar-refractivity contribution in [3.8, 4) is 89.0 Å². The molecule has 0 atom stereocenters. The van der Waals surface area contributed by atoms with Crippen LogP contribution in [0.2, 0.25) is 0 Å². The molecule has 72 heavy (non-hydrogen) atoms. The molecular formula is C72H42. The average molecular weight is 907 g/mol. The highest BCUT2D eigenvalue weighted by Gasteiger charge is 2.30. The van der Waals surface area contributed by atoms with Crippen LogP contribution in [0.3, 0.4) is 0 Å². The zero-order valence-electron chi connectivity index (χ0n) is 39.8. The van der Waals surface area contributed by atoms with Gasteiger partial charge in [-0.15, -0.1) is 0 Å². The van der Waals surface area contributed by atoms with Crippen molar-refractivity contribution in [1.82, 2.24) is 0 Å². The van der Waals surface area contributed by atoms with Crippen LogP contribution in [-0.2, 0) is 0 Å². The van der Waals surface area contributed by atoms with Crippen LogP contribution in [0, 0.1) is 13.8 Å². The molecule has 0 heteroatoms. The molecule has 2 aliphatic carbocycles. The quantitative estimate of drug-likeness (QED) is 0.165. The highest BCUT2D eigenvalue weighted by molar-refractivity contribution is 6.47. The second-order valence-electron chi connectivity index (χ2n) is 20.6. The van der Waals surface area contributed by atoms with E-state index in [-0.39, 0.29) is 0 Å². The lowest BCUT2D eigenvalue weighted by atomic mass is 9.87. The first-order chi connectivity index (χ1) is 35.6. The van der Waals surface area contributed by atoms with Gasteiger partial charge in [-0.1, -0.05) is 230 Å². The van der Waals surface area contributed by atoms with E-state index in [1.54, 1.807) is 0 Å². The van der Waals surface area contributed by atoms with E-state index >= 15 is 0 Å². The Kier molecular flexibility index (Phi) is 7.43. The third kappa shape index (κ3) is 4.82. The van der Waals surface area contributed by atoms with Crippen molar-refractivity contribution < 1.29 is 0 Å². The second kappa shape index (κ2) is 13.8. The van der Waals surface area contributed by atoms with Gasteiger partial charge in [0.05, 0.1) is 0 Å². The number of hydrogen-bond donors (Lipinski definition) is 0. The zero-order chi connectivity index (χ0) is 47.1. The lowest BCUT2D eigenvalue weighted by molar-refractivity contribution is 1.48. The minimum absolute atomic E-state index is 1.24. The van der Waals surface area contributed by atoms with E-state index in [2.05, 4.69) is 232 Å². The number of rotatable bonds is 4. The van der Waals surface area contributed by atoms with Gasteiger partial charge in [0.1, 0.15) is 0 Å². The first-order valence-electron chi connectivity index (χ1n) is 25.4. The topological polar surface area (TPSA) is 0 Å². The van der Waals surface area contributed by atoms with Crippen LogP contribution < -0.4 is 0 Å². The predicted molar refractivity (Wildman–Crippen MR) is 309 cm³/mol. The lowest BCUT2D eigenvalue weighted by Crippen LogP contribution is -1.88. The summed E-state index contributed by atoms with van der Waals surface area (Å²) in [7, 11) is 0. The Morgan fingerprint density at radius 2 is 0.486 bits per heavy atom. The molecule has 17 rings (SSSR count). The molecular weight excluding hydrogens is 865 g/mol. The summed E-state index contributed by atoms with van der Waals surface area (Å²) in [6, 6.07) is 83.6. The molecule has 0 fully saturated rings. The molecule has 0 amide bonds. The Hall–Kier alpha value is -9.10. The van der Waals surface area contributed by atoms with Gasteiger partial charge in [0.25, 0.3) is 0 Å². The monoisotopic (exact) mass is 906 g/mol. The zero-order valence-corrected chi connectivity index (χ0v) is 39.8. The smallest absolute Gasteiger partial charge is 0.000718 e. The highest BCUT2D eigenvalue weighted by atomic mass is 14.3. The van der Waals surface area contributed by atoms with Crippen molar-refractivity contribution in [2.75, 3.05) is 0 Å². The summed E-state index contributed by atoms with van der Waals surface area (Å²) in [6.45, 7) is 4.40. The van der Waals surface area contributed by atoms with Gasteiger partial charge in [0.2, 0.25) is 0 Å². The summed E-state index contributed by atoms with van der Waals surface area (Å²) in [5.41, 5.74) is 23.5. The summed E-state index contributed by atoms with van der Waals surface area (Å²) in [5.74, 6) is 0. The standard InChI is InChI=1S/C72H42/c1-39-25-27-47-53-19-9-17-49-43(29-33-55(65(49)53)61(47)37-39)45-31-35-59-67-51(45)21-11-23-57(67)69-63(41-13-5-3-6-14-41)70-58-24-12-22-52-46(32-36-60(68(52)58)72(70)64(71(59)69)42-15-7-4-8-16-42)44-30-34-56-62-38-40(2)26-28-48(62)54-20-10-18-50(44)66(54)56/h3-38H,1-2H3. The van der Waals surface area contributed by atoms with E-state index in [0.29, 0.717) is 0 Å². The van der Waals surface area contributed by atoms with E-state index in [1.807, 2.05) is 0 Å². The molecule has 0 saturated heterocycles. The molecule has 2 aliphatic rings. The van der Waals surface area contributed by atoms with Crippen molar-refractivity contribution in [2.45, 2.75) is 13.8 Å². The fourth-order valence-corrected chi connectivity index (χ4v) is 14.1. The molecule has 330 valence electrons. The minimum atomic E-state index is 1.24. The number of benzene rings is 13. The van der Waals surface area contributed by atoms with E-state index in [4.69, 9.17) is 0 Å². The van der Waals surface area contributed by atoms with Crippen LogP contribution in [0.1, 0.15) is 11.1 Å². The van der Waals surface area contributed by atoms with Gasteiger partial charge in [-0.2, -0.15) is 0 Å². The molecule has 0 nitrogen and oxygen atoms in total. The first kappa shape index (κ1) is 38.7. The fraction of sp³-hybridized carbons (Fsp3) is 0.0278. The van der Waals surface area contributed by atoms with Gasteiger partial charge in [0, 0.05) is 0 Å². The summed E-state index contributed by atoms with van der Waals surface area (Å²) in [6.07, 6.45) is 0. The molecule has 0 unspecified atom stereocenters. The van der Waals surface area contributed by atoms with Crippen molar-refractivity contribution in [1.29, 1.82) is 0 Å². The Balaban J connectivity index is 0.992. The van der Waals surface area contributed by atoms with E-state index in [9.17, 15) is 0 Å². The molecule has 0 spiro atoms. The van der Waals surface area contributed by atoms with Gasteiger partial charge in [-0.25, -0.2) is 0 Å². The van der Waals surface area contributed by atoms with E-state index in [0.717, 1.165) is 0 Å². The van der Waals surface area contributed by atoms with Crippen LogP contribution in [0.5, 0.6) is 0 Å². The summed E-state index contributed by atoms with van der Waals surface area (Å²) >= 11 is 0. The molecule has 0 bridgehead atoms. The third-order valence-corrected chi connectivity index (χ3v) is 17.0. The SMILES string of the molecule is Cc1ccc2c(c1)-c1ccc(-c3ccc4c5c(-c6ccccc6)c6c7ccc(-c8ccc9c%10c(cccc8%10)-c8ccc(C)cc8-9)c8cccc(c6c(-c6ccccc6)c5c5cccc3c54)c87)c3cccc-2c13. The molecule has 0 radical (unpaired) electrons. The van der Waals surface area contributed by atoms with Crippen LogP contribution in [0.25, 0.3) is 175 Å². The molecule has 0 heterocycles. The van der Waals surface area contributed by atoms with Gasteiger partial charge < -0.3 is 0 Å². The van der Waals surface area contributed by atoms with Crippen LogP contribution in [0.4, 0.5) is 0 Å². The molecule has 15 aromatic rings. The van der Waals surface area contributed by atoms with E-state index < -0.39 is 0 Å². The average Bonchev–Trinajstić information content (AvgIpc) is 4.14. The van der Waals surface area contributed by atoms with Gasteiger partial charge in [0.15, 0.2) is 0 Å². The van der Waals surface area contributed by atoms with Gasteiger partial charge in [-0.3, -0.25) is 0 Å². The summed E-state index contributed by atoms with van der Waals surface area (Å²) in [5, 5.41) is 21.1. The largest absolute Gasteiger partial charge is 0.0622 e. The normalized spacial score (nSPS) is 12.6. The number of hydrogen-bond acceptors (Lipinski definition) is 0. The molecule has 0 N–H and O–H groups in total. The van der Waals surface area contributed by atoms with E-state index in [1.165, 1.54) is 186 Å². The van der Waals surface area contributed by atoms with Crippen molar-refractivity contribution >= 4 is 86.2 Å². The summed E-state index contributed by atoms with van der Waals surface area (Å²) in [4.78, 5) is 0. The Morgan fingerprint density at radius 3 is 0.903 bits per heavy atom. The van der Waals surface area contributed by atoms with Crippen LogP contribution in [-0.4, -0.2) is 0 Å². The maximum absolute atomic E-state index is 2.46. The molecule has 0 saturated carbocycles. The number of fused-ring (bicyclic) bond motifs is 12. The third-order valence-electron chi connectivity index (χ3n) is 17.0. The van der Waals surface area contributed by atoms with Crippen LogP contribution in [0.15, 0.2) is 218 Å². The number of aryl methyl sites for hydroxylation is 2. The van der Waals surface area contributed by atoms with Crippen molar-refractivity contribution in [3.63, 3.8) is 0 Å². The second-order valence-corrected chi connectivity index (χ2v) is 20.6. The minimum Gasteiger partial charge on any atom is -0.0622 e. The predicted octanol–water partition coefficient (Wildman–Crippen LogP) is 20.4. The molecule has 0 aliphatic heterocycles. The van der Waals surface area contributed by atoms with Crippen LogP contribution >= 0.6 is 0 Å². The molecule has 15 aromatic carbocycles. The maximum Gasteiger partial charge on any atom is -0.000718 e. The lowest BCUT2D eigenvalue weighted by Gasteiger charge is -2.15. The molecule has 0 aromatic heterocycles. The van der Waals surface area contributed by atoms with Crippen molar-refractivity contribution in [2.24, 2.45) is 0 Å². The Morgan fingerprint density at radius 1 is 0.181 bits per heavy atom.